The van der Waals surface area contributed by atoms with Crippen LogP contribution in [-0.2, 0) is 17.9 Å². The second-order valence-corrected chi connectivity index (χ2v) is 6.06. The molecular weight excluding hydrogens is 361 g/mol. The second kappa shape index (κ2) is 7.32. The maximum absolute atomic E-state index is 6.00. The number of rotatable bonds is 5. The highest BCUT2D eigenvalue weighted by atomic mass is 79.9. The van der Waals surface area contributed by atoms with Gasteiger partial charge in [0.1, 0.15) is 0 Å². The van der Waals surface area contributed by atoms with E-state index in [1.165, 1.54) is 0 Å². The van der Waals surface area contributed by atoms with Crippen LogP contribution in [0.3, 0.4) is 0 Å². The number of hydrogen-bond acceptors (Lipinski definition) is 2. The zero-order chi connectivity index (χ0) is 14.5. The summed E-state index contributed by atoms with van der Waals surface area (Å²) in [6.45, 7) is 1.19. The highest BCUT2D eigenvalue weighted by molar-refractivity contribution is 9.10. The van der Waals surface area contributed by atoms with Crippen LogP contribution in [0.25, 0.3) is 0 Å². The van der Waals surface area contributed by atoms with E-state index in [0.717, 1.165) is 21.3 Å². The van der Waals surface area contributed by atoms with Crippen molar-refractivity contribution in [2.75, 3.05) is 12.4 Å². The summed E-state index contributed by atoms with van der Waals surface area (Å²) in [5, 5.41) is 4.66. The van der Waals surface area contributed by atoms with Gasteiger partial charge in [-0.3, -0.25) is 0 Å². The van der Waals surface area contributed by atoms with Crippen LogP contribution in [0.5, 0.6) is 0 Å². The largest absolute Gasteiger partial charge is 0.381 e. The molecule has 1 N–H and O–H groups in total. The number of halogens is 3. The summed E-state index contributed by atoms with van der Waals surface area (Å²) in [6.07, 6.45) is 0. The summed E-state index contributed by atoms with van der Waals surface area (Å²) in [4.78, 5) is 0. The molecule has 0 bridgehead atoms. The van der Waals surface area contributed by atoms with Crippen molar-refractivity contribution >= 4 is 44.8 Å². The average molecular weight is 375 g/mol. The van der Waals surface area contributed by atoms with Crippen LogP contribution in [0.2, 0.25) is 10.0 Å². The molecule has 2 nitrogen and oxygen atoms in total. The Hall–Kier alpha value is -0.740. The second-order valence-electron chi connectivity index (χ2n) is 4.33. The first-order chi connectivity index (χ1) is 9.60. The Bertz CT molecular complexity index is 584. The molecule has 2 rings (SSSR count). The molecule has 0 aromatic heterocycles. The van der Waals surface area contributed by atoms with E-state index in [2.05, 4.69) is 21.2 Å². The van der Waals surface area contributed by atoms with Crippen LogP contribution in [0.1, 0.15) is 11.1 Å². The van der Waals surface area contributed by atoms with Gasteiger partial charge < -0.3 is 10.1 Å². The molecule has 20 heavy (non-hydrogen) atoms. The first kappa shape index (κ1) is 15.6. The lowest BCUT2D eigenvalue weighted by Gasteiger charge is -2.13. The van der Waals surface area contributed by atoms with Gasteiger partial charge in [0.05, 0.1) is 6.61 Å². The molecular formula is C15H14BrCl2NO. The highest BCUT2D eigenvalue weighted by Crippen LogP contribution is 2.26. The summed E-state index contributed by atoms with van der Waals surface area (Å²) in [7, 11) is 1.68. The van der Waals surface area contributed by atoms with Crippen LogP contribution in [0, 0.1) is 0 Å². The average Bonchev–Trinajstić information content (AvgIpc) is 2.38. The van der Waals surface area contributed by atoms with Gasteiger partial charge in [-0.1, -0.05) is 45.2 Å². The number of benzene rings is 2. The minimum Gasteiger partial charge on any atom is -0.381 e. The standard InChI is InChI=1S/C15H14BrCl2NO/c1-20-9-13-14(16)3-2-4-15(13)19-8-10-5-11(17)7-12(18)6-10/h2-7,19H,8-9H2,1H3. The summed E-state index contributed by atoms with van der Waals surface area (Å²) in [5.41, 5.74) is 3.14. The fraction of sp³-hybridized carbons (Fsp3) is 0.200. The van der Waals surface area contributed by atoms with Crippen molar-refractivity contribution < 1.29 is 4.74 Å². The molecule has 0 atom stereocenters. The van der Waals surface area contributed by atoms with E-state index < -0.39 is 0 Å². The third-order valence-corrected chi connectivity index (χ3v) is 3.99. The molecule has 106 valence electrons. The van der Waals surface area contributed by atoms with Crippen molar-refractivity contribution in [2.24, 2.45) is 0 Å². The van der Waals surface area contributed by atoms with E-state index in [9.17, 15) is 0 Å². The SMILES string of the molecule is COCc1c(Br)cccc1NCc1cc(Cl)cc(Cl)c1. The van der Waals surface area contributed by atoms with Gasteiger partial charge in [0, 0.05) is 39.4 Å². The van der Waals surface area contributed by atoms with Crippen LogP contribution >= 0.6 is 39.1 Å². The summed E-state index contributed by atoms with van der Waals surface area (Å²) >= 11 is 15.5. The fourth-order valence-corrected chi connectivity index (χ4v) is 2.98. The molecule has 2 aromatic rings. The van der Waals surface area contributed by atoms with E-state index in [0.29, 0.717) is 23.2 Å². The molecule has 0 heterocycles. The number of methoxy groups -OCH3 is 1. The van der Waals surface area contributed by atoms with Gasteiger partial charge in [-0.2, -0.15) is 0 Å². The summed E-state index contributed by atoms with van der Waals surface area (Å²) < 4.78 is 6.25. The predicted octanol–water partition coefficient (Wildman–Crippen LogP) is 5.51. The number of anilines is 1. The van der Waals surface area contributed by atoms with Crippen molar-refractivity contribution in [1.29, 1.82) is 0 Å². The Labute approximate surface area is 137 Å². The minimum absolute atomic E-state index is 0.542. The molecule has 0 amide bonds. The van der Waals surface area contributed by atoms with E-state index in [4.69, 9.17) is 27.9 Å². The lowest BCUT2D eigenvalue weighted by Crippen LogP contribution is -2.04. The molecule has 5 heteroatoms. The molecule has 0 aliphatic heterocycles. The predicted molar refractivity (Wildman–Crippen MR) is 88.6 cm³/mol. The van der Waals surface area contributed by atoms with Gasteiger partial charge >= 0.3 is 0 Å². The van der Waals surface area contributed by atoms with E-state index >= 15 is 0 Å². The Morgan fingerprint density at radius 3 is 2.50 bits per heavy atom. The molecule has 0 saturated heterocycles. The molecule has 0 spiro atoms. The molecule has 0 radical (unpaired) electrons. The molecule has 0 saturated carbocycles. The summed E-state index contributed by atoms with van der Waals surface area (Å²) in [6, 6.07) is 11.5. The van der Waals surface area contributed by atoms with Crippen molar-refractivity contribution in [3.05, 3.63) is 62.0 Å². The van der Waals surface area contributed by atoms with Crippen molar-refractivity contribution in [3.8, 4) is 0 Å². The number of nitrogens with one attached hydrogen (secondary N) is 1. The first-order valence-corrected chi connectivity index (χ1v) is 7.60. The molecule has 0 fully saturated rings. The van der Waals surface area contributed by atoms with Gasteiger partial charge in [0.2, 0.25) is 0 Å². The zero-order valence-corrected chi connectivity index (χ0v) is 14.0. The van der Waals surface area contributed by atoms with Crippen molar-refractivity contribution in [3.63, 3.8) is 0 Å². The highest BCUT2D eigenvalue weighted by Gasteiger charge is 2.06. The lowest BCUT2D eigenvalue weighted by molar-refractivity contribution is 0.185. The molecule has 0 unspecified atom stereocenters. The zero-order valence-electron chi connectivity index (χ0n) is 10.9. The maximum Gasteiger partial charge on any atom is 0.0744 e. The van der Waals surface area contributed by atoms with Gasteiger partial charge in [-0.15, -0.1) is 0 Å². The maximum atomic E-state index is 6.00. The third kappa shape index (κ3) is 4.13. The Morgan fingerprint density at radius 1 is 1.15 bits per heavy atom. The van der Waals surface area contributed by atoms with Gasteiger partial charge in [-0.25, -0.2) is 0 Å². The quantitative estimate of drug-likeness (QED) is 0.744. The van der Waals surface area contributed by atoms with Crippen LogP contribution in [0.4, 0.5) is 5.69 Å². The van der Waals surface area contributed by atoms with Gasteiger partial charge in [0.25, 0.3) is 0 Å². The smallest absolute Gasteiger partial charge is 0.0744 e. The van der Waals surface area contributed by atoms with Crippen molar-refractivity contribution in [2.45, 2.75) is 13.2 Å². The van der Waals surface area contributed by atoms with E-state index in [1.807, 2.05) is 30.3 Å². The Kier molecular flexibility index (Phi) is 5.73. The minimum atomic E-state index is 0.542. The van der Waals surface area contributed by atoms with Gasteiger partial charge in [0.15, 0.2) is 0 Å². The van der Waals surface area contributed by atoms with Gasteiger partial charge in [-0.05, 0) is 35.9 Å². The molecule has 0 aliphatic carbocycles. The Morgan fingerprint density at radius 2 is 1.85 bits per heavy atom. The first-order valence-electron chi connectivity index (χ1n) is 6.05. The van der Waals surface area contributed by atoms with Crippen LogP contribution in [-0.4, -0.2) is 7.11 Å². The van der Waals surface area contributed by atoms with Crippen LogP contribution in [0.15, 0.2) is 40.9 Å². The normalized spacial score (nSPS) is 10.6. The number of hydrogen-bond donors (Lipinski definition) is 1. The van der Waals surface area contributed by atoms with E-state index in [1.54, 1.807) is 13.2 Å². The topological polar surface area (TPSA) is 21.3 Å². The van der Waals surface area contributed by atoms with Crippen LogP contribution < -0.4 is 5.32 Å². The van der Waals surface area contributed by atoms with Crippen molar-refractivity contribution in [1.82, 2.24) is 0 Å². The molecule has 2 aromatic carbocycles. The lowest BCUT2D eigenvalue weighted by atomic mass is 10.1. The molecule has 0 aliphatic rings. The number of ether oxygens (including phenoxy) is 1. The third-order valence-electron chi connectivity index (χ3n) is 2.81. The Balaban J connectivity index is 2.16. The monoisotopic (exact) mass is 373 g/mol. The fourth-order valence-electron chi connectivity index (χ4n) is 1.93. The van der Waals surface area contributed by atoms with E-state index in [-0.39, 0.29) is 0 Å². The summed E-state index contributed by atoms with van der Waals surface area (Å²) in [5.74, 6) is 0.